The zero-order valence-electron chi connectivity index (χ0n) is 17.7. The molecular weight excluding hydrogens is 390 g/mol. The number of carbonyl (C=O) groups is 2. The lowest BCUT2D eigenvalue weighted by Gasteiger charge is -2.34. The number of aryl methyl sites for hydroxylation is 1. The third-order valence-corrected chi connectivity index (χ3v) is 6.42. The van der Waals surface area contributed by atoms with Crippen LogP contribution < -0.4 is 10.1 Å². The van der Waals surface area contributed by atoms with Crippen molar-refractivity contribution in [3.63, 3.8) is 0 Å². The highest BCUT2D eigenvalue weighted by Gasteiger charge is 2.32. The predicted molar refractivity (Wildman–Crippen MR) is 120 cm³/mol. The number of hydrogen-bond acceptors (Lipinski definition) is 3. The van der Waals surface area contributed by atoms with Gasteiger partial charge in [0.15, 0.2) is 0 Å². The van der Waals surface area contributed by atoms with Crippen molar-refractivity contribution < 1.29 is 14.3 Å². The van der Waals surface area contributed by atoms with Crippen molar-refractivity contribution >= 4 is 28.4 Å². The standard InChI is InChI=1S/C25H27N3O3/c1-16-5-4-6-20-24(16)18(15-26-20)14-23(29)28-11-3-2-7-21(28)25(30)27-19-8-9-22-17(13-19)10-12-31-22/h4-6,8-9,13,15,21,26H,2-3,7,10-12,14H2,1H3,(H,27,30). The molecule has 6 heteroatoms. The van der Waals surface area contributed by atoms with Crippen LogP contribution in [0.3, 0.4) is 0 Å². The van der Waals surface area contributed by atoms with Gasteiger partial charge >= 0.3 is 0 Å². The number of H-pyrrole nitrogens is 1. The number of aromatic nitrogens is 1. The first-order valence-corrected chi connectivity index (χ1v) is 11.0. The highest BCUT2D eigenvalue weighted by Crippen LogP contribution is 2.29. The van der Waals surface area contributed by atoms with E-state index in [-0.39, 0.29) is 11.8 Å². The fourth-order valence-corrected chi connectivity index (χ4v) is 4.85. The van der Waals surface area contributed by atoms with Crippen molar-refractivity contribution in [3.8, 4) is 5.75 Å². The Labute approximate surface area is 181 Å². The highest BCUT2D eigenvalue weighted by molar-refractivity contribution is 5.98. The second kappa shape index (κ2) is 8.10. The Balaban J connectivity index is 1.32. The number of anilines is 1. The Morgan fingerprint density at radius 2 is 2.13 bits per heavy atom. The Bertz CT molecular complexity index is 1150. The van der Waals surface area contributed by atoms with Crippen LogP contribution in [0.2, 0.25) is 0 Å². The summed E-state index contributed by atoms with van der Waals surface area (Å²) >= 11 is 0. The molecule has 2 amide bonds. The van der Waals surface area contributed by atoms with Gasteiger partial charge in [0.2, 0.25) is 11.8 Å². The molecule has 2 aliphatic heterocycles. The second-order valence-corrected chi connectivity index (χ2v) is 8.50. The van der Waals surface area contributed by atoms with Crippen LogP contribution in [0.15, 0.2) is 42.6 Å². The fourth-order valence-electron chi connectivity index (χ4n) is 4.85. The molecule has 1 saturated heterocycles. The summed E-state index contributed by atoms with van der Waals surface area (Å²) in [5.41, 5.74) is 5.05. The molecule has 0 bridgehead atoms. The van der Waals surface area contributed by atoms with Crippen LogP contribution >= 0.6 is 0 Å². The fraction of sp³-hybridized carbons (Fsp3) is 0.360. The summed E-state index contributed by atoms with van der Waals surface area (Å²) in [4.78, 5) is 31.4. The number of piperidine rings is 1. The largest absolute Gasteiger partial charge is 0.493 e. The van der Waals surface area contributed by atoms with Gasteiger partial charge < -0.3 is 19.9 Å². The van der Waals surface area contributed by atoms with E-state index in [2.05, 4.69) is 23.3 Å². The minimum atomic E-state index is -0.433. The first-order valence-electron chi connectivity index (χ1n) is 11.0. The Kier molecular flexibility index (Phi) is 5.14. The number of likely N-dealkylation sites (tertiary alicyclic amines) is 1. The number of amides is 2. The van der Waals surface area contributed by atoms with Crippen molar-refractivity contribution in [3.05, 3.63) is 59.3 Å². The molecule has 0 spiro atoms. The SMILES string of the molecule is Cc1cccc2[nH]cc(CC(=O)N3CCCCC3C(=O)Nc3ccc4c(c3)CCO4)c12. The molecule has 1 atom stereocenters. The molecule has 0 radical (unpaired) electrons. The van der Waals surface area contributed by atoms with Gasteiger partial charge in [-0.05, 0) is 67.1 Å². The van der Waals surface area contributed by atoms with E-state index in [0.29, 0.717) is 26.0 Å². The van der Waals surface area contributed by atoms with E-state index in [1.165, 1.54) is 0 Å². The van der Waals surface area contributed by atoms with Crippen molar-refractivity contribution in [1.82, 2.24) is 9.88 Å². The topological polar surface area (TPSA) is 74.4 Å². The smallest absolute Gasteiger partial charge is 0.247 e. The van der Waals surface area contributed by atoms with Gasteiger partial charge in [0, 0.05) is 35.8 Å². The normalized spacial score (nSPS) is 18.0. The first kappa shape index (κ1) is 19.7. The van der Waals surface area contributed by atoms with Gasteiger partial charge in [-0.1, -0.05) is 12.1 Å². The van der Waals surface area contributed by atoms with E-state index in [1.54, 1.807) is 4.90 Å². The Hall–Kier alpha value is -3.28. The molecular formula is C25H27N3O3. The number of nitrogens with zero attached hydrogens (tertiary/aromatic N) is 1. The molecule has 2 N–H and O–H groups in total. The summed E-state index contributed by atoms with van der Waals surface area (Å²) in [7, 11) is 0. The molecule has 1 fully saturated rings. The van der Waals surface area contributed by atoms with Gasteiger partial charge in [0.05, 0.1) is 13.0 Å². The van der Waals surface area contributed by atoms with E-state index in [4.69, 9.17) is 4.74 Å². The summed E-state index contributed by atoms with van der Waals surface area (Å²) in [6.07, 6.45) is 5.65. The van der Waals surface area contributed by atoms with Crippen molar-refractivity contribution in [2.45, 2.75) is 45.1 Å². The van der Waals surface area contributed by atoms with Crippen LogP contribution in [0.25, 0.3) is 10.9 Å². The molecule has 0 saturated carbocycles. The average molecular weight is 418 g/mol. The minimum absolute atomic E-state index is 0.00589. The van der Waals surface area contributed by atoms with Crippen molar-refractivity contribution in [2.75, 3.05) is 18.5 Å². The zero-order chi connectivity index (χ0) is 21.4. The summed E-state index contributed by atoms with van der Waals surface area (Å²) in [6, 6.07) is 11.4. The summed E-state index contributed by atoms with van der Waals surface area (Å²) in [5.74, 6) is 0.787. The second-order valence-electron chi connectivity index (χ2n) is 8.50. The third kappa shape index (κ3) is 3.78. The molecule has 0 aliphatic carbocycles. The van der Waals surface area contributed by atoms with Crippen LogP contribution in [-0.4, -0.2) is 40.9 Å². The lowest BCUT2D eigenvalue weighted by atomic mass is 9.99. The van der Waals surface area contributed by atoms with Gasteiger partial charge in [-0.3, -0.25) is 9.59 Å². The van der Waals surface area contributed by atoms with Crippen LogP contribution in [0.4, 0.5) is 5.69 Å². The lowest BCUT2D eigenvalue weighted by molar-refractivity contribution is -0.139. The van der Waals surface area contributed by atoms with Gasteiger partial charge in [-0.2, -0.15) is 0 Å². The average Bonchev–Trinajstić information content (AvgIpc) is 3.41. The van der Waals surface area contributed by atoms with E-state index in [1.807, 2.05) is 36.5 Å². The molecule has 3 heterocycles. The molecule has 1 aromatic heterocycles. The van der Waals surface area contributed by atoms with Crippen LogP contribution in [0, 0.1) is 6.92 Å². The lowest BCUT2D eigenvalue weighted by Crippen LogP contribution is -2.50. The number of carbonyl (C=O) groups excluding carboxylic acids is 2. The van der Waals surface area contributed by atoms with Crippen molar-refractivity contribution in [1.29, 1.82) is 0 Å². The number of ether oxygens (including phenoxy) is 1. The quantitative estimate of drug-likeness (QED) is 0.674. The summed E-state index contributed by atoms with van der Waals surface area (Å²) in [6.45, 7) is 3.37. The van der Waals surface area contributed by atoms with Crippen molar-refractivity contribution in [2.24, 2.45) is 0 Å². The molecule has 3 aromatic rings. The van der Waals surface area contributed by atoms with E-state index in [9.17, 15) is 9.59 Å². The van der Waals surface area contributed by atoms with Gasteiger partial charge in [-0.25, -0.2) is 0 Å². The monoisotopic (exact) mass is 417 g/mol. The first-order chi connectivity index (χ1) is 15.1. The molecule has 31 heavy (non-hydrogen) atoms. The number of benzene rings is 2. The molecule has 5 rings (SSSR count). The van der Waals surface area contributed by atoms with Crippen LogP contribution in [-0.2, 0) is 22.4 Å². The number of hydrogen-bond donors (Lipinski definition) is 2. The molecule has 6 nitrogen and oxygen atoms in total. The minimum Gasteiger partial charge on any atom is -0.493 e. The molecule has 2 aromatic carbocycles. The maximum absolute atomic E-state index is 13.3. The van der Waals surface area contributed by atoms with Gasteiger partial charge in [0.1, 0.15) is 11.8 Å². The maximum atomic E-state index is 13.3. The van der Waals surface area contributed by atoms with E-state index < -0.39 is 6.04 Å². The predicted octanol–water partition coefficient (Wildman–Crippen LogP) is 3.97. The molecule has 2 aliphatic rings. The van der Waals surface area contributed by atoms with Gasteiger partial charge in [0.25, 0.3) is 0 Å². The summed E-state index contributed by atoms with van der Waals surface area (Å²) in [5, 5.41) is 4.14. The van der Waals surface area contributed by atoms with Gasteiger partial charge in [-0.15, -0.1) is 0 Å². The maximum Gasteiger partial charge on any atom is 0.247 e. The Morgan fingerprint density at radius 1 is 1.23 bits per heavy atom. The number of rotatable bonds is 4. The third-order valence-electron chi connectivity index (χ3n) is 6.42. The van der Waals surface area contributed by atoms with Crippen LogP contribution in [0.1, 0.15) is 36.0 Å². The number of aromatic amines is 1. The van der Waals surface area contributed by atoms with Crippen LogP contribution in [0.5, 0.6) is 5.75 Å². The number of fused-ring (bicyclic) bond motifs is 2. The van der Waals surface area contributed by atoms with E-state index in [0.717, 1.165) is 58.3 Å². The zero-order valence-corrected chi connectivity index (χ0v) is 17.7. The highest BCUT2D eigenvalue weighted by atomic mass is 16.5. The Morgan fingerprint density at radius 3 is 3.03 bits per heavy atom. The van der Waals surface area contributed by atoms with E-state index >= 15 is 0 Å². The summed E-state index contributed by atoms with van der Waals surface area (Å²) < 4.78 is 5.54. The molecule has 1 unspecified atom stereocenters. The number of nitrogens with one attached hydrogen (secondary N) is 2. The molecule has 160 valence electrons.